The van der Waals surface area contributed by atoms with E-state index in [1.165, 1.54) is 9.47 Å². The number of alkyl halides is 3. The lowest BCUT2D eigenvalue weighted by molar-refractivity contribution is -0.137. The molecule has 0 spiro atoms. The van der Waals surface area contributed by atoms with Gasteiger partial charge in [-0.25, -0.2) is 0 Å². The van der Waals surface area contributed by atoms with E-state index in [4.69, 9.17) is 4.52 Å². The molecule has 1 atom stereocenters. The first kappa shape index (κ1) is 26.6. The first-order valence-corrected chi connectivity index (χ1v) is 11.9. The van der Waals surface area contributed by atoms with E-state index in [1.54, 1.807) is 13.8 Å². The summed E-state index contributed by atoms with van der Waals surface area (Å²) in [5.41, 5.74) is -0.0440. The monoisotopic (exact) mass is 523 g/mol. The van der Waals surface area contributed by atoms with Crippen molar-refractivity contribution in [2.45, 2.75) is 45.5 Å². The highest BCUT2D eigenvalue weighted by Gasteiger charge is 2.33. The molecule has 196 valence electrons. The van der Waals surface area contributed by atoms with Crippen molar-refractivity contribution in [2.24, 2.45) is 0 Å². The van der Waals surface area contributed by atoms with Crippen LogP contribution in [-0.4, -0.2) is 32.1 Å². The third-order valence-corrected chi connectivity index (χ3v) is 6.23. The summed E-state index contributed by atoms with van der Waals surface area (Å²) in [6.45, 7) is 3.55. The third-order valence-electron chi connectivity index (χ3n) is 6.23. The van der Waals surface area contributed by atoms with Crippen molar-refractivity contribution in [3.63, 3.8) is 0 Å². The number of rotatable bonds is 8. The van der Waals surface area contributed by atoms with Gasteiger partial charge in [0.2, 0.25) is 0 Å². The first-order valence-electron chi connectivity index (χ1n) is 11.9. The van der Waals surface area contributed by atoms with E-state index in [-0.39, 0.29) is 42.0 Å². The van der Waals surface area contributed by atoms with Crippen molar-refractivity contribution < 1.29 is 22.5 Å². The Morgan fingerprint density at radius 2 is 1.84 bits per heavy atom. The number of aromatic nitrogens is 3. The molecular formula is C27H24F3N5O3. The Kier molecular flexibility index (Phi) is 7.62. The summed E-state index contributed by atoms with van der Waals surface area (Å²) >= 11 is 0. The van der Waals surface area contributed by atoms with Crippen LogP contribution in [0.25, 0.3) is 11.1 Å². The molecule has 0 aliphatic heterocycles. The van der Waals surface area contributed by atoms with E-state index in [0.29, 0.717) is 12.1 Å². The predicted octanol–water partition coefficient (Wildman–Crippen LogP) is 5.27. The molecule has 11 heteroatoms. The summed E-state index contributed by atoms with van der Waals surface area (Å²) < 4.78 is 45.9. The number of benzene rings is 2. The average molecular weight is 524 g/mol. The van der Waals surface area contributed by atoms with Crippen LogP contribution < -0.4 is 5.56 Å². The van der Waals surface area contributed by atoms with Crippen molar-refractivity contribution in [1.29, 1.82) is 5.26 Å². The zero-order valence-electron chi connectivity index (χ0n) is 20.7. The Bertz CT molecular complexity index is 1540. The second-order valence-electron chi connectivity index (χ2n) is 8.70. The summed E-state index contributed by atoms with van der Waals surface area (Å²) in [6.07, 6.45) is -4.27. The smallest absolute Gasteiger partial charge is 0.335 e. The maximum absolute atomic E-state index is 13.6. The Morgan fingerprint density at radius 1 is 1.16 bits per heavy atom. The van der Waals surface area contributed by atoms with Gasteiger partial charge >= 0.3 is 6.18 Å². The highest BCUT2D eigenvalue weighted by atomic mass is 19.4. The number of nitrogens with zero attached hydrogens (tertiary/aromatic N) is 5. The second-order valence-corrected chi connectivity index (χ2v) is 8.70. The van der Waals surface area contributed by atoms with E-state index in [1.807, 2.05) is 36.4 Å². The van der Waals surface area contributed by atoms with Gasteiger partial charge in [0.25, 0.3) is 17.2 Å². The lowest BCUT2D eigenvalue weighted by Crippen LogP contribution is -2.39. The molecule has 1 unspecified atom stereocenters. The lowest BCUT2D eigenvalue weighted by atomic mass is 10.1. The number of carbonyl (C=O) groups is 1. The number of fused-ring (bicyclic) bond motifs is 1. The van der Waals surface area contributed by atoms with Gasteiger partial charge in [0.05, 0.1) is 36.3 Å². The highest BCUT2D eigenvalue weighted by molar-refractivity contribution is 5.94. The van der Waals surface area contributed by atoms with Gasteiger partial charge < -0.3 is 9.42 Å². The van der Waals surface area contributed by atoms with Gasteiger partial charge in [-0.15, -0.1) is 0 Å². The standard InChI is InChI=1S/C27H24F3N5O3/c1-3-21(34(15-7-14-31)25(36)19-10-12-20(13-11-19)27(28,29)30)23-32-24-22(17(2)33-38-24)26(37)35(23)16-18-8-5-4-6-9-18/h4-6,8-13,21H,3,7,15-16H2,1-2H3. The minimum Gasteiger partial charge on any atom is -0.335 e. The number of carbonyl (C=O) groups excluding carboxylic acids is 1. The molecule has 0 saturated heterocycles. The molecule has 4 aromatic rings. The average Bonchev–Trinajstić information content (AvgIpc) is 3.28. The fraction of sp³-hybridized carbons (Fsp3) is 0.296. The molecule has 0 fully saturated rings. The lowest BCUT2D eigenvalue weighted by Gasteiger charge is -2.31. The second kappa shape index (κ2) is 10.9. The topological polar surface area (TPSA) is 105 Å². The number of aryl methyl sites for hydroxylation is 1. The first-order chi connectivity index (χ1) is 18.2. The van der Waals surface area contributed by atoms with Crippen LogP contribution in [0.4, 0.5) is 13.2 Å². The van der Waals surface area contributed by atoms with Crippen LogP contribution in [0, 0.1) is 18.3 Å². The molecule has 4 rings (SSSR count). The largest absolute Gasteiger partial charge is 0.416 e. The normalized spacial score (nSPS) is 12.3. The number of hydrogen-bond donors (Lipinski definition) is 0. The van der Waals surface area contributed by atoms with Gasteiger partial charge in [-0.05, 0) is 43.2 Å². The number of nitriles is 1. The molecule has 0 N–H and O–H groups in total. The maximum Gasteiger partial charge on any atom is 0.416 e. The minimum absolute atomic E-state index is 0.0166. The molecular weight excluding hydrogens is 499 g/mol. The van der Waals surface area contributed by atoms with Gasteiger partial charge in [-0.1, -0.05) is 42.4 Å². The summed E-state index contributed by atoms with van der Waals surface area (Å²) in [7, 11) is 0. The highest BCUT2D eigenvalue weighted by Crippen LogP contribution is 2.31. The SMILES string of the molecule is CCC(c1nc2onc(C)c2c(=O)n1Cc1ccccc1)N(CCC#N)C(=O)c1ccc(C(F)(F)F)cc1. The summed E-state index contributed by atoms with van der Waals surface area (Å²) in [5.74, 6) is -0.363. The molecule has 0 aliphatic rings. The fourth-order valence-corrected chi connectivity index (χ4v) is 4.34. The van der Waals surface area contributed by atoms with Crippen molar-refractivity contribution in [1.82, 2.24) is 19.6 Å². The molecule has 8 nitrogen and oxygen atoms in total. The maximum atomic E-state index is 13.6. The molecule has 2 aromatic heterocycles. The summed E-state index contributed by atoms with van der Waals surface area (Å²) in [4.78, 5) is 33.2. The third kappa shape index (κ3) is 5.29. The van der Waals surface area contributed by atoms with Crippen molar-refractivity contribution in [3.8, 4) is 6.07 Å². The van der Waals surface area contributed by atoms with Gasteiger partial charge in [0.1, 0.15) is 11.2 Å². The van der Waals surface area contributed by atoms with Crippen LogP contribution in [-0.2, 0) is 12.7 Å². The number of hydrogen-bond acceptors (Lipinski definition) is 6. The van der Waals surface area contributed by atoms with E-state index in [2.05, 4.69) is 10.1 Å². The van der Waals surface area contributed by atoms with Gasteiger partial charge in [0, 0.05) is 12.1 Å². The quantitative estimate of drug-likeness (QED) is 0.312. The Morgan fingerprint density at radius 3 is 2.45 bits per heavy atom. The van der Waals surface area contributed by atoms with Crippen LogP contribution in [0.2, 0.25) is 0 Å². The van der Waals surface area contributed by atoms with Crippen LogP contribution in [0.1, 0.15) is 58.8 Å². The van der Waals surface area contributed by atoms with Crippen LogP contribution in [0.5, 0.6) is 0 Å². The van der Waals surface area contributed by atoms with E-state index in [0.717, 1.165) is 29.8 Å². The van der Waals surface area contributed by atoms with Crippen molar-refractivity contribution in [2.75, 3.05) is 6.54 Å². The van der Waals surface area contributed by atoms with E-state index >= 15 is 0 Å². The number of amides is 1. The van der Waals surface area contributed by atoms with Crippen molar-refractivity contribution in [3.05, 3.63) is 93.2 Å². The molecule has 1 amide bonds. The zero-order valence-corrected chi connectivity index (χ0v) is 20.7. The predicted molar refractivity (Wildman–Crippen MR) is 132 cm³/mol. The Labute approximate surface area is 215 Å². The minimum atomic E-state index is -4.55. The zero-order chi connectivity index (χ0) is 27.4. The molecule has 0 radical (unpaired) electrons. The number of halogens is 3. The van der Waals surface area contributed by atoms with Crippen LogP contribution >= 0.6 is 0 Å². The Hall–Kier alpha value is -4.46. The molecule has 0 aliphatic carbocycles. The molecule has 38 heavy (non-hydrogen) atoms. The molecule has 2 heterocycles. The van der Waals surface area contributed by atoms with E-state index < -0.39 is 29.2 Å². The molecule has 0 bridgehead atoms. The van der Waals surface area contributed by atoms with Gasteiger partial charge in [-0.2, -0.15) is 23.4 Å². The van der Waals surface area contributed by atoms with Crippen LogP contribution in [0.3, 0.4) is 0 Å². The van der Waals surface area contributed by atoms with Gasteiger partial charge in [-0.3, -0.25) is 14.2 Å². The fourth-order valence-electron chi connectivity index (χ4n) is 4.34. The summed E-state index contributed by atoms with van der Waals surface area (Å²) in [6, 6.07) is 14.3. The van der Waals surface area contributed by atoms with E-state index in [9.17, 15) is 28.0 Å². The molecule has 0 saturated carbocycles. The van der Waals surface area contributed by atoms with Gasteiger partial charge in [0.15, 0.2) is 0 Å². The summed E-state index contributed by atoms with van der Waals surface area (Å²) in [5, 5.41) is 13.3. The van der Waals surface area contributed by atoms with Crippen LogP contribution in [0.15, 0.2) is 63.9 Å². The van der Waals surface area contributed by atoms with Crippen molar-refractivity contribution >= 4 is 17.0 Å². The Balaban J connectivity index is 1.84. The molecule has 2 aromatic carbocycles.